The molecule has 0 aliphatic carbocycles. The van der Waals surface area contributed by atoms with E-state index in [4.69, 9.17) is 28.1 Å². The van der Waals surface area contributed by atoms with E-state index in [2.05, 4.69) is 0 Å². The van der Waals surface area contributed by atoms with E-state index in [9.17, 15) is 14.4 Å². The van der Waals surface area contributed by atoms with Crippen LogP contribution in [0.15, 0.2) is 69.9 Å². The minimum Gasteiger partial charge on any atom is -0.493 e. The Morgan fingerprint density at radius 3 is 2.24 bits per heavy atom. The minimum absolute atomic E-state index is 0.0521. The molecule has 4 rings (SSSR count). The van der Waals surface area contributed by atoms with Gasteiger partial charge in [-0.05, 0) is 54.4 Å². The first-order valence-electron chi connectivity index (χ1n) is 11.7. The Hall–Kier alpha value is -4.79. The Bertz CT molecular complexity index is 1530. The number of esters is 2. The normalized spacial score (nSPS) is 10.6. The van der Waals surface area contributed by atoms with Gasteiger partial charge in [-0.1, -0.05) is 18.2 Å². The van der Waals surface area contributed by atoms with Gasteiger partial charge >= 0.3 is 11.9 Å². The molecule has 1 heterocycles. The minimum atomic E-state index is -0.770. The number of fused-ring (bicyclic) bond motifs is 1. The largest absolute Gasteiger partial charge is 0.493 e. The van der Waals surface area contributed by atoms with E-state index in [1.807, 2.05) is 0 Å². The summed E-state index contributed by atoms with van der Waals surface area (Å²) < 4.78 is 32.3. The zero-order valence-corrected chi connectivity index (χ0v) is 21.4. The molecule has 38 heavy (non-hydrogen) atoms. The zero-order valence-electron chi connectivity index (χ0n) is 21.4. The lowest BCUT2D eigenvalue weighted by Crippen LogP contribution is -2.15. The first-order chi connectivity index (χ1) is 18.4. The molecular formula is C29H26O9. The second-order valence-electron chi connectivity index (χ2n) is 8.06. The first-order valence-corrected chi connectivity index (χ1v) is 11.7. The third-order valence-corrected chi connectivity index (χ3v) is 5.78. The van der Waals surface area contributed by atoms with Gasteiger partial charge in [-0.25, -0.2) is 9.59 Å². The molecular weight excluding hydrogens is 492 g/mol. The van der Waals surface area contributed by atoms with Gasteiger partial charge in [0.1, 0.15) is 17.9 Å². The maximum Gasteiger partial charge on any atom is 0.375 e. The topological polar surface area (TPSA) is 111 Å². The van der Waals surface area contributed by atoms with Crippen molar-refractivity contribution in [3.63, 3.8) is 0 Å². The Morgan fingerprint density at radius 1 is 0.842 bits per heavy atom. The number of carbonyl (C=O) groups is 2. The van der Waals surface area contributed by atoms with E-state index < -0.39 is 17.4 Å². The van der Waals surface area contributed by atoms with E-state index in [1.165, 1.54) is 21.3 Å². The van der Waals surface area contributed by atoms with Gasteiger partial charge in [0.2, 0.25) is 11.2 Å². The van der Waals surface area contributed by atoms with E-state index in [-0.39, 0.29) is 35.5 Å². The third kappa shape index (κ3) is 5.31. The van der Waals surface area contributed by atoms with Crippen LogP contribution in [-0.4, -0.2) is 39.9 Å². The molecule has 1 aromatic heterocycles. The van der Waals surface area contributed by atoms with Crippen molar-refractivity contribution in [2.45, 2.75) is 13.5 Å². The molecule has 0 bridgehead atoms. The van der Waals surface area contributed by atoms with E-state index in [1.54, 1.807) is 67.6 Å². The predicted octanol–water partition coefficient (Wildman–Crippen LogP) is 5.02. The van der Waals surface area contributed by atoms with Gasteiger partial charge < -0.3 is 28.1 Å². The molecule has 0 saturated heterocycles. The molecule has 0 amide bonds. The molecule has 3 aromatic carbocycles. The summed E-state index contributed by atoms with van der Waals surface area (Å²) in [6.45, 7) is 1.96. The van der Waals surface area contributed by atoms with Crippen LogP contribution < -0.4 is 19.6 Å². The Balaban J connectivity index is 1.72. The van der Waals surface area contributed by atoms with Gasteiger partial charge in [0.25, 0.3) is 0 Å². The van der Waals surface area contributed by atoms with Crippen LogP contribution in [0.4, 0.5) is 0 Å². The summed E-state index contributed by atoms with van der Waals surface area (Å²) in [5, 5.41) is 0.262. The third-order valence-electron chi connectivity index (χ3n) is 5.78. The molecule has 0 spiro atoms. The Kier molecular flexibility index (Phi) is 7.96. The maximum absolute atomic E-state index is 13.6. The van der Waals surface area contributed by atoms with Crippen LogP contribution in [0, 0.1) is 0 Å². The lowest BCUT2D eigenvalue weighted by Gasteiger charge is -2.13. The fourth-order valence-corrected chi connectivity index (χ4v) is 3.88. The van der Waals surface area contributed by atoms with E-state index in [0.29, 0.717) is 28.4 Å². The van der Waals surface area contributed by atoms with Crippen LogP contribution in [0.5, 0.6) is 17.2 Å². The van der Waals surface area contributed by atoms with Crippen LogP contribution in [0.2, 0.25) is 0 Å². The highest BCUT2D eigenvalue weighted by Gasteiger charge is 2.24. The first kappa shape index (κ1) is 26.3. The number of methoxy groups -OCH3 is 3. The average Bonchev–Trinajstić information content (AvgIpc) is 2.95. The van der Waals surface area contributed by atoms with Crippen molar-refractivity contribution >= 4 is 22.9 Å². The molecule has 196 valence electrons. The molecule has 0 saturated carbocycles. The van der Waals surface area contributed by atoms with E-state index >= 15 is 0 Å². The summed E-state index contributed by atoms with van der Waals surface area (Å²) in [5.41, 5.74) is 1.47. The Morgan fingerprint density at radius 2 is 1.58 bits per heavy atom. The van der Waals surface area contributed by atoms with Crippen molar-refractivity contribution in [3.05, 3.63) is 87.8 Å². The maximum atomic E-state index is 13.6. The van der Waals surface area contributed by atoms with Crippen LogP contribution in [0.25, 0.3) is 22.1 Å². The molecule has 4 aromatic rings. The smallest absolute Gasteiger partial charge is 0.375 e. The second kappa shape index (κ2) is 11.5. The van der Waals surface area contributed by atoms with Crippen molar-refractivity contribution in [2.24, 2.45) is 0 Å². The monoisotopic (exact) mass is 518 g/mol. The summed E-state index contributed by atoms with van der Waals surface area (Å²) in [6, 6.07) is 16.4. The van der Waals surface area contributed by atoms with Gasteiger partial charge in [-0.15, -0.1) is 0 Å². The van der Waals surface area contributed by atoms with Crippen molar-refractivity contribution in [3.8, 4) is 28.4 Å². The fourth-order valence-electron chi connectivity index (χ4n) is 3.88. The molecule has 0 unspecified atom stereocenters. The highest BCUT2D eigenvalue weighted by molar-refractivity contribution is 5.98. The molecule has 0 N–H and O–H groups in total. The zero-order chi connectivity index (χ0) is 27.2. The lowest BCUT2D eigenvalue weighted by atomic mass is 10.0. The van der Waals surface area contributed by atoms with Gasteiger partial charge in [-0.2, -0.15) is 0 Å². The molecule has 0 aliphatic heterocycles. The fraction of sp³-hybridized carbons (Fsp3) is 0.207. The van der Waals surface area contributed by atoms with Gasteiger partial charge in [0.15, 0.2) is 11.5 Å². The quantitative estimate of drug-likeness (QED) is 0.282. The highest BCUT2D eigenvalue weighted by Crippen LogP contribution is 2.34. The van der Waals surface area contributed by atoms with Crippen molar-refractivity contribution in [1.29, 1.82) is 0 Å². The standard InChI is InChI=1S/C29H26O9/c1-5-36-29(32)27-25(19-10-13-22(33-2)24(14-19)34-3)26(30)21-12-11-20(15-23(21)38-27)37-16-17-6-8-18(9-7-17)28(31)35-4/h6-15H,5,16H2,1-4H3. The number of ether oxygens (including phenoxy) is 5. The van der Waals surface area contributed by atoms with Gasteiger partial charge in [0, 0.05) is 6.07 Å². The summed E-state index contributed by atoms with van der Waals surface area (Å²) in [5.74, 6) is -0.137. The predicted molar refractivity (Wildman–Crippen MR) is 139 cm³/mol. The molecule has 0 radical (unpaired) electrons. The summed E-state index contributed by atoms with van der Waals surface area (Å²) in [4.78, 5) is 38.0. The number of carbonyl (C=O) groups excluding carboxylic acids is 2. The average molecular weight is 519 g/mol. The van der Waals surface area contributed by atoms with Gasteiger partial charge in [-0.3, -0.25) is 4.79 Å². The number of hydrogen-bond donors (Lipinski definition) is 0. The number of benzene rings is 3. The van der Waals surface area contributed by atoms with E-state index in [0.717, 1.165) is 5.56 Å². The molecule has 0 fully saturated rings. The molecule has 0 atom stereocenters. The van der Waals surface area contributed by atoms with Crippen LogP contribution in [-0.2, 0) is 16.1 Å². The molecule has 9 heteroatoms. The SMILES string of the molecule is CCOC(=O)c1oc2cc(OCc3ccc(C(=O)OC)cc3)ccc2c(=O)c1-c1ccc(OC)c(OC)c1. The Labute approximate surface area is 218 Å². The van der Waals surface area contributed by atoms with Crippen LogP contribution >= 0.6 is 0 Å². The molecule has 0 aliphatic rings. The number of rotatable bonds is 9. The van der Waals surface area contributed by atoms with Crippen molar-refractivity contribution in [2.75, 3.05) is 27.9 Å². The van der Waals surface area contributed by atoms with Crippen LogP contribution in [0.1, 0.15) is 33.4 Å². The van der Waals surface area contributed by atoms with Crippen molar-refractivity contribution in [1.82, 2.24) is 0 Å². The highest BCUT2D eigenvalue weighted by atomic mass is 16.5. The summed E-state index contributed by atoms with van der Waals surface area (Å²) >= 11 is 0. The summed E-state index contributed by atoms with van der Waals surface area (Å²) in [7, 11) is 4.30. The summed E-state index contributed by atoms with van der Waals surface area (Å²) in [6.07, 6.45) is 0. The van der Waals surface area contributed by atoms with Gasteiger partial charge in [0.05, 0.1) is 44.4 Å². The second-order valence-corrected chi connectivity index (χ2v) is 8.06. The molecule has 9 nitrogen and oxygen atoms in total. The lowest BCUT2D eigenvalue weighted by molar-refractivity contribution is 0.0491. The van der Waals surface area contributed by atoms with Crippen LogP contribution in [0.3, 0.4) is 0 Å². The van der Waals surface area contributed by atoms with Crippen molar-refractivity contribution < 1.29 is 37.7 Å². The number of hydrogen-bond acceptors (Lipinski definition) is 9.